The van der Waals surface area contributed by atoms with Crippen molar-refractivity contribution < 1.29 is 49.2 Å². The van der Waals surface area contributed by atoms with Gasteiger partial charge >= 0.3 is 5.97 Å². The largest absolute Gasteiger partial charge is 0.504 e. The number of aliphatic carboxylic acids is 1. The van der Waals surface area contributed by atoms with E-state index < -0.39 is 69.2 Å². The molecule has 6 rings (SSSR count). The molecule has 0 aliphatic carbocycles. The number of hydrazine groups is 3. The van der Waals surface area contributed by atoms with Crippen molar-refractivity contribution in [2.75, 3.05) is 30.5 Å². The van der Waals surface area contributed by atoms with Crippen LogP contribution in [0.2, 0.25) is 0 Å². The Morgan fingerprint density at radius 1 is 1.20 bits per heavy atom. The molecule has 298 valence electrons. The number of aliphatic hydroxyl groups excluding tert-OH is 1. The number of nitrogens with one attached hydrogen (secondary N) is 4. The molecule has 0 saturated carbocycles. The Hall–Kier alpha value is -5.56. The first kappa shape index (κ1) is 40.1. The van der Waals surface area contributed by atoms with Gasteiger partial charge in [0, 0.05) is 40.3 Å². The fraction of sp³-hybridized carbons (Fsp3) is 0.375. The summed E-state index contributed by atoms with van der Waals surface area (Å²) in [5, 5.41) is 50.5. The minimum absolute atomic E-state index is 0.0105. The standard InChI is InChI=1S/C32H37N11O10S3/c1-14-15(2)34-20-8-41(13-44)40-43(20)26(14)55-11-32(29(51)52)10-42-25(49)22(27(42)56-12-32)36-24(48)21(17-9-54-30(33)35-17)39-53-31(3,4)28(50)38-37-23(47)16-5-6-18(45)19(46)7-16/h5-9,22,27,40,44-46H,10-13H2,1-4H3,(H2,33,35)(H,36,48)(H,37,47)(H,38,50)(H,51,52)/t22?,27-,32?/m1/s1. The third-order valence-corrected chi connectivity index (χ3v) is 12.7. The summed E-state index contributed by atoms with van der Waals surface area (Å²) in [6.45, 7) is 5.86. The van der Waals surface area contributed by atoms with Crippen molar-refractivity contribution in [3.63, 3.8) is 0 Å². The van der Waals surface area contributed by atoms with Gasteiger partial charge in [-0.1, -0.05) is 5.16 Å². The average Bonchev–Trinajstić information content (AvgIpc) is 3.79. The summed E-state index contributed by atoms with van der Waals surface area (Å²) in [4.78, 5) is 80.9. The van der Waals surface area contributed by atoms with E-state index >= 15 is 0 Å². The highest BCUT2D eigenvalue weighted by Gasteiger charge is 2.58. The fourth-order valence-corrected chi connectivity index (χ4v) is 9.16. The second-order valence-corrected chi connectivity index (χ2v) is 16.3. The lowest BCUT2D eigenvalue weighted by Crippen LogP contribution is -2.74. The highest BCUT2D eigenvalue weighted by Crippen LogP contribution is 2.46. The molecule has 4 aliphatic heterocycles. The van der Waals surface area contributed by atoms with Gasteiger partial charge in [0.1, 0.15) is 29.3 Å². The Labute approximate surface area is 330 Å². The molecule has 0 radical (unpaired) electrons. The van der Waals surface area contributed by atoms with Crippen LogP contribution in [0.3, 0.4) is 0 Å². The van der Waals surface area contributed by atoms with Crippen molar-refractivity contribution in [1.29, 1.82) is 0 Å². The smallest absolute Gasteiger partial charge is 0.313 e. The van der Waals surface area contributed by atoms with Gasteiger partial charge in [-0.2, -0.15) is 0 Å². The molecular formula is C32H37N11O10S3. The van der Waals surface area contributed by atoms with Crippen LogP contribution < -0.4 is 27.4 Å². The quantitative estimate of drug-likeness (QED) is 0.0579. The lowest BCUT2D eigenvalue weighted by molar-refractivity contribution is -0.157. The van der Waals surface area contributed by atoms with Crippen molar-refractivity contribution in [2.45, 2.75) is 44.7 Å². The predicted octanol–water partition coefficient (Wildman–Crippen LogP) is -0.207. The van der Waals surface area contributed by atoms with Crippen molar-refractivity contribution in [1.82, 2.24) is 41.6 Å². The number of phenols is 2. The number of carbonyl (C=O) groups excluding carboxylic acids is 4. The number of phenolic OH excluding ortho intramolecular Hbond substituents is 2. The number of nitrogens with two attached hydrogens (primary N) is 1. The Bertz CT molecular complexity index is 2120. The average molecular weight is 832 g/mol. The summed E-state index contributed by atoms with van der Waals surface area (Å²) in [7, 11) is 0. The first-order valence-corrected chi connectivity index (χ1v) is 19.5. The number of rotatable bonds is 12. The van der Waals surface area contributed by atoms with Crippen molar-refractivity contribution in [2.24, 2.45) is 15.6 Å². The predicted molar refractivity (Wildman–Crippen MR) is 204 cm³/mol. The number of benzene rings is 1. The first-order chi connectivity index (χ1) is 26.4. The number of hydrogen-bond donors (Lipinski definition) is 9. The van der Waals surface area contributed by atoms with Crippen LogP contribution in [-0.4, -0.2) is 123 Å². The molecule has 24 heteroatoms. The number of β-lactam (4-membered cyclic amide) rings is 1. The monoisotopic (exact) mass is 831 g/mol. The van der Waals surface area contributed by atoms with Gasteiger partial charge in [0.25, 0.3) is 17.7 Å². The number of carbonyl (C=O) groups is 5. The Balaban J connectivity index is 1.10. The molecular weight excluding hydrogens is 795 g/mol. The Morgan fingerprint density at radius 2 is 1.95 bits per heavy atom. The number of allylic oxidation sites excluding steroid dienone is 1. The summed E-state index contributed by atoms with van der Waals surface area (Å²) in [6, 6.07) is 2.25. The van der Waals surface area contributed by atoms with Gasteiger partial charge in [-0.3, -0.25) is 39.8 Å². The van der Waals surface area contributed by atoms with E-state index in [1.807, 2.05) is 13.8 Å². The van der Waals surface area contributed by atoms with E-state index in [2.05, 4.69) is 36.8 Å². The number of thioether (sulfide) groups is 2. The molecule has 5 heterocycles. The van der Waals surface area contributed by atoms with E-state index in [0.29, 0.717) is 10.9 Å². The maximum Gasteiger partial charge on any atom is 0.313 e. The molecule has 3 atom stereocenters. The lowest BCUT2D eigenvalue weighted by Gasteiger charge is -2.53. The molecule has 0 bridgehead atoms. The van der Waals surface area contributed by atoms with Crippen molar-refractivity contribution in [3.8, 4) is 11.5 Å². The highest BCUT2D eigenvalue weighted by atomic mass is 32.2. The van der Waals surface area contributed by atoms with E-state index in [1.54, 1.807) is 11.2 Å². The van der Waals surface area contributed by atoms with Crippen LogP contribution in [0.5, 0.6) is 11.5 Å². The normalized spacial score (nSPS) is 22.1. The van der Waals surface area contributed by atoms with E-state index in [1.165, 1.54) is 58.7 Å². The zero-order valence-electron chi connectivity index (χ0n) is 30.1. The van der Waals surface area contributed by atoms with Crippen LogP contribution in [0.25, 0.3) is 0 Å². The molecule has 2 saturated heterocycles. The van der Waals surface area contributed by atoms with E-state index in [4.69, 9.17) is 10.6 Å². The number of aromatic hydroxyl groups is 2. The van der Waals surface area contributed by atoms with E-state index in [-0.39, 0.29) is 41.2 Å². The van der Waals surface area contributed by atoms with E-state index in [0.717, 1.165) is 34.8 Å². The van der Waals surface area contributed by atoms with Crippen molar-refractivity contribution >= 4 is 81.0 Å². The molecule has 10 N–H and O–H groups in total. The number of thiazole rings is 1. The van der Waals surface area contributed by atoms with Gasteiger partial charge in [-0.05, 0) is 45.9 Å². The molecule has 4 amide bonds. The summed E-state index contributed by atoms with van der Waals surface area (Å²) >= 11 is 3.50. The number of anilines is 1. The minimum Gasteiger partial charge on any atom is -0.504 e. The van der Waals surface area contributed by atoms with Crippen LogP contribution in [0.4, 0.5) is 5.13 Å². The summed E-state index contributed by atoms with van der Waals surface area (Å²) < 4.78 is 0. The van der Waals surface area contributed by atoms with Crippen LogP contribution in [0, 0.1) is 5.41 Å². The number of fused-ring (bicyclic) bond motifs is 2. The molecule has 56 heavy (non-hydrogen) atoms. The number of carboxylic acid groups (broad SMARTS) is 1. The Kier molecular flexibility index (Phi) is 11.1. The van der Waals surface area contributed by atoms with Gasteiger partial charge in [0.15, 0.2) is 28.2 Å². The molecule has 0 spiro atoms. The zero-order chi connectivity index (χ0) is 40.7. The topological polar surface area (TPSA) is 297 Å². The third-order valence-electron chi connectivity index (χ3n) is 9.02. The molecule has 1 aromatic carbocycles. The van der Waals surface area contributed by atoms with E-state index in [9.17, 15) is 44.4 Å². The summed E-state index contributed by atoms with van der Waals surface area (Å²) in [6.07, 6.45) is 1.62. The number of carboxylic acids is 1. The number of hydrogen-bond acceptors (Lipinski definition) is 19. The number of aliphatic imine (C=N–C) groups is 1. The maximum atomic E-state index is 13.7. The fourth-order valence-electron chi connectivity index (χ4n) is 5.58. The van der Waals surface area contributed by atoms with Gasteiger partial charge < -0.3 is 41.2 Å². The SMILES string of the molecule is CC1=NC2=CN(CO)NN2C(SCC2(C(=O)O)CS[C@@H]3C(NC(=O)C(=NOC(C)(C)C(=O)NNC(=O)c4ccc(O)c(O)c4)c4csc(N)n4)C(=O)N3C2)=C1C. The highest BCUT2D eigenvalue weighted by molar-refractivity contribution is 8.03. The van der Waals surface area contributed by atoms with Crippen LogP contribution in [-0.2, 0) is 24.0 Å². The van der Waals surface area contributed by atoms with Crippen LogP contribution in [0.15, 0.2) is 56.4 Å². The number of amides is 4. The van der Waals surface area contributed by atoms with Gasteiger partial charge in [0.2, 0.25) is 11.5 Å². The van der Waals surface area contributed by atoms with Crippen LogP contribution >= 0.6 is 34.9 Å². The number of nitrogens with zero attached hydrogens (tertiary/aromatic N) is 6. The maximum absolute atomic E-state index is 13.7. The second kappa shape index (κ2) is 15.5. The minimum atomic E-state index is -1.80. The van der Waals surface area contributed by atoms with Gasteiger partial charge in [-0.15, -0.1) is 40.4 Å². The first-order valence-electron chi connectivity index (χ1n) is 16.6. The number of aromatic nitrogens is 1. The molecule has 21 nitrogen and oxygen atoms in total. The van der Waals surface area contributed by atoms with Crippen LogP contribution in [0.1, 0.15) is 43.7 Å². The lowest BCUT2D eigenvalue weighted by atomic mass is 9.89. The van der Waals surface area contributed by atoms with Gasteiger partial charge in [0.05, 0.1) is 11.2 Å². The van der Waals surface area contributed by atoms with Gasteiger partial charge in [-0.25, -0.2) is 15.0 Å². The Morgan fingerprint density at radius 3 is 2.61 bits per heavy atom. The third kappa shape index (κ3) is 7.77. The molecule has 1 aromatic heterocycles. The van der Waals surface area contributed by atoms with Crippen molar-refractivity contribution in [3.05, 3.63) is 57.5 Å². The number of nitrogen functional groups attached to an aromatic ring is 1. The summed E-state index contributed by atoms with van der Waals surface area (Å²) in [5.41, 5.74) is 11.0. The second-order valence-electron chi connectivity index (χ2n) is 13.4. The number of oxime groups is 1. The molecule has 2 aromatic rings. The number of aliphatic hydroxyl groups is 1. The molecule has 4 aliphatic rings. The molecule has 2 fully saturated rings. The summed E-state index contributed by atoms with van der Waals surface area (Å²) in [5.74, 6) is -4.43. The molecule has 2 unspecified atom stereocenters. The zero-order valence-corrected chi connectivity index (χ0v) is 32.5.